The summed E-state index contributed by atoms with van der Waals surface area (Å²) in [6, 6.07) is 9.24. The largest absolute Gasteiger partial charge is 0.488 e. The molecule has 0 saturated heterocycles. The van der Waals surface area contributed by atoms with Crippen LogP contribution in [0.4, 0.5) is 5.69 Å². The molecule has 0 unspecified atom stereocenters. The van der Waals surface area contributed by atoms with Gasteiger partial charge in [-0.1, -0.05) is 15.9 Å². The minimum absolute atomic E-state index is 0.0591. The maximum atomic E-state index is 12.0. The van der Waals surface area contributed by atoms with Crippen molar-refractivity contribution in [3.8, 4) is 11.5 Å². The van der Waals surface area contributed by atoms with E-state index in [-0.39, 0.29) is 17.1 Å². The van der Waals surface area contributed by atoms with E-state index in [2.05, 4.69) is 26.5 Å². The minimum atomic E-state index is -0.691. The summed E-state index contributed by atoms with van der Waals surface area (Å²) in [6.45, 7) is 1.16. The number of rotatable bonds is 6. The maximum absolute atomic E-state index is 12.0. The second-order valence-corrected chi connectivity index (χ2v) is 6.01. The molecule has 0 aliphatic heterocycles. The highest BCUT2D eigenvalue weighted by Gasteiger charge is 2.25. The number of carbonyl (C=O) groups is 2. The van der Waals surface area contributed by atoms with Crippen molar-refractivity contribution < 1.29 is 24.0 Å². The van der Waals surface area contributed by atoms with Gasteiger partial charge in [-0.2, -0.15) is 5.10 Å². The fourth-order valence-corrected chi connectivity index (χ4v) is 2.38. The van der Waals surface area contributed by atoms with Crippen LogP contribution in [0.2, 0.25) is 0 Å². The Balaban J connectivity index is 2.28. The summed E-state index contributed by atoms with van der Waals surface area (Å²) in [6.07, 6.45) is 1.11. The highest BCUT2D eigenvalue weighted by molar-refractivity contribution is 9.10. The van der Waals surface area contributed by atoms with E-state index < -0.39 is 22.5 Å². The van der Waals surface area contributed by atoms with Crippen molar-refractivity contribution >= 4 is 39.7 Å². The van der Waals surface area contributed by atoms with Crippen LogP contribution in [0.3, 0.4) is 0 Å². The van der Waals surface area contributed by atoms with E-state index in [4.69, 9.17) is 9.47 Å². The van der Waals surface area contributed by atoms with E-state index in [9.17, 15) is 19.7 Å². The molecular formula is C17H14BrN3O6. The SMILES string of the molecule is COc1c(OC(C)=O)ccc(/C=N\NC(=O)c2ccc(Br)cc2)c1[N+](=O)[O-]. The monoisotopic (exact) mass is 435 g/mol. The zero-order valence-electron chi connectivity index (χ0n) is 14.3. The van der Waals surface area contributed by atoms with Gasteiger partial charge in [0.2, 0.25) is 5.75 Å². The Morgan fingerprint density at radius 3 is 2.44 bits per heavy atom. The van der Waals surface area contributed by atoms with Gasteiger partial charge in [-0.25, -0.2) is 5.43 Å². The van der Waals surface area contributed by atoms with E-state index in [0.29, 0.717) is 5.56 Å². The number of nitro benzene ring substituents is 1. The van der Waals surface area contributed by atoms with Crippen LogP contribution in [0.15, 0.2) is 46.0 Å². The Hall–Kier alpha value is -3.27. The predicted octanol–water partition coefficient (Wildman–Crippen LogP) is 3.06. The van der Waals surface area contributed by atoms with Crippen molar-refractivity contribution in [3.63, 3.8) is 0 Å². The topological polar surface area (TPSA) is 120 Å². The number of nitrogens with zero attached hydrogens (tertiary/aromatic N) is 2. The first kappa shape index (κ1) is 20.0. The average molecular weight is 436 g/mol. The Bertz CT molecular complexity index is 912. The van der Waals surface area contributed by atoms with Crippen molar-refractivity contribution in [3.05, 3.63) is 62.1 Å². The van der Waals surface area contributed by atoms with Crippen LogP contribution in [0.1, 0.15) is 22.8 Å². The molecule has 1 amide bonds. The van der Waals surface area contributed by atoms with Crippen LogP contribution in [0, 0.1) is 10.1 Å². The molecule has 27 heavy (non-hydrogen) atoms. The van der Waals surface area contributed by atoms with Crippen molar-refractivity contribution in [2.75, 3.05) is 7.11 Å². The van der Waals surface area contributed by atoms with Crippen molar-refractivity contribution in [1.29, 1.82) is 0 Å². The highest BCUT2D eigenvalue weighted by Crippen LogP contribution is 2.39. The first-order valence-corrected chi connectivity index (χ1v) is 8.25. The average Bonchev–Trinajstić information content (AvgIpc) is 2.62. The predicted molar refractivity (Wildman–Crippen MR) is 100 cm³/mol. The van der Waals surface area contributed by atoms with Gasteiger partial charge in [-0.05, 0) is 36.4 Å². The zero-order chi connectivity index (χ0) is 20.0. The van der Waals surface area contributed by atoms with E-state index in [1.165, 1.54) is 19.2 Å². The number of hydrazone groups is 1. The lowest BCUT2D eigenvalue weighted by Gasteiger charge is -2.09. The molecule has 0 aliphatic carbocycles. The van der Waals surface area contributed by atoms with Crippen molar-refractivity contribution in [2.45, 2.75) is 6.92 Å². The summed E-state index contributed by atoms with van der Waals surface area (Å²) in [7, 11) is 1.21. The fraction of sp³-hybridized carbons (Fsp3) is 0.118. The number of amides is 1. The summed E-state index contributed by atoms with van der Waals surface area (Å²) < 4.78 is 10.7. The van der Waals surface area contributed by atoms with Gasteiger partial charge >= 0.3 is 11.7 Å². The summed E-state index contributed by atoms with van der Waals surface area (Å²) >= 11 is 3.27. The third kappa shape index (κ3) is 5.11. The highest BCUT2D eigenvalue weighted by atomic mass is 79.9. The molecule has 2 rings (SSSR count). The van der Waals surface area contributed by atoms with Gasteiger partial charge in [0.1, 0.15) is 0 Å². The number of nitrogens with one attached hydrogen (secondary N) is 1. The van der Waals surface area contributed by atoms with Crippen LogP contribution in [0.25, 0.3) is 0 Å². The van der Waals surface area contributed by atoms with Crippen LogP contribution >= 0.6 is 15.9 Å². The molecule has 0 aliphatic rings. The molecule has 0 bridgehead atoms. The number of methoxy groups -OCH3 is 1. The first-order valence-electron chi connectivity index (χ1n) is 7.46. The molecule has 0 atom stereocenters. The quantitative estimate of drug-likeness (QED) is 0.244. The van der Waals surface area contributed by atoms with Crippen LogP contribution in [-0.4, -0.2) is 30.1 Å². The Morgan fingerprint density at radius 2 is 1.89 bits per heavy atom. The van der Waals surface area contributed by atoms with Crippen molar-refractivity contribution in [2.24, 2.45) is 5.10 Å². The van der Waals surface area contributed by atoms with Crippen LogP contribution in [0.5, 0.6) is 11.5 Å². The van der Waals surface area contributed by atoms with Crippen LogP contribution in [-0.2, 0) is 4.79 Å². The third-order valence-corrected chi connectivity index (χ3v) is 3.77. The van der Waals surface area contributed by atoms with Gasteiger partial charge in [0.15, 0.2) is 5.75 Å². The number of esters is 1. The number of benzene rings is 2. The Morgan fingerprint density at radius 1 is 1.22 bits per heavy atom. The lowest BCUT2D eigenvalue weighted by Crippen LogP contribution is -2.17. The Kier molecular flexibility index (Phi) is 6.61. The van der Waals surface area contributed by atoms with Gasteiger partial charge in [0.05, 0.1) is 23.8 Å². The maximum Gasteiger partial charge on any atom is 0.323 e. The molecule has 0 fully saturated rings. The normalized spacial score (nSPS) is 10.5. The number of nitro groups is 1. The van der Waals surface area contributed by atoms with E-state index in [0.717, 1.165) is 17.6 Å². The van der Waals surface area contributed by atoms with E-state index in [1.54, 1.807) is 24.3 Å². The van der Waals surface area contributed by atoms with Gasteiger partial charge in [-0.3, -0.25) is 19.7 Å². The zero-order valence-corrected chi connectivity index (χ0v) is 15.8. The molecule has 2 aromatic rings. The Labute approximate surface area is 162 Å². The van der Waals surface area contributed by atoms with Gasteiger partial charge in [0, 0.05) is 17.0 Å². The fourth-order valence-electron chi connectivity index (χ4n) is 2.12. The lowest BCUT2D eigenvalue weighted by atomic mass is 10.1. The number of hydrogen-bond donors (Lipinski definition) is 1. The molecule has 2 aromatic carbocycles. The van der Waals surface area contributed by atoms with Gasteiger partial charge in [0.25, 0.3) is 5.91 Å². The molecule has 0 radical (unpaired) electrons. The summed E-state index contributed by atoms with van der Waals surface area (Å²) in [5, 5.41) is 15.2. The molecule has 0 saturated carbocycles. The molecular weight excluding hydrogens is 422 g/mol. The number of carbonyl (C=O) groups excluding carboxylic acids is 2. The minimum Gasteiger partial charge on any atom is -0.488 e. The first-order chi connectivity index (χ1) is 12.8. The summed E-state index contributed by atoms with van der Waals surface area (Å²) in [5.74, 6) is -1.44. The standard InChI is InChI=1S/C17H14BrN3O6/c1-10(22)27-14-8-5-12(15(21(24)25)16(14)26-2)9-19-20-17(23)11-3-6-13(18)7-4-11/h3-9H,1-2H3,(H,20,23)/b19-9-. The van der Waals surface area contributed by atoms with E-state index >= 15 is 0 Å². The molecule has 0 spiro atoms. The number of ether oxygens (including phenoxy) is 2. The molecule has 0 heterocycles. The number of halogens is 1. The molecule has 1 N–H and O–H groups in total. The molecule has 0 aromatic heterocycles. The van der Waals surface area contributed by atoms with Crippen molar-refractivity contribution in [1.82, 2.24) is 5.43 Å². The third-order valence-electron chi connectivity index (χ3n) is 3.24. The summed E-state index contributed by atoms with van der Waals surface area (Å²) in [5.41, 5.74) is 2.26. The molecule has 9 nitrogen and oxygen atoms in total. The van der Waals surface area contributed by atoms with Gasteiger partial charge in [-0.15, -0.1) is 0 Å². The smallest absolute Gasteiger partial charge is 0.323 e. The second-order valence-electron chi connectivity index (χ2n) is 5.09. The molecule has 10 heteroatoms. The van der Waals surface area contributed by atoms with Crippen LogP contribution < -0.4 is 14.9 Å². The van der Waals surface area contributed by atoms with E-state index in [1.807, 2.05) is 0 Å². The summed E-state index contributed by atoms with van der Waals surface area (Å²) in [4.78, 5) is 33.9. The van der Waals surface area contributed by atoms with Gasteiger partial charge < -0.3 is 9.47 Å². The lowest BCUT2D eigenvalue weighted by molar-refractivity contribution is -0.385. The molecule has 140 valence electrons. The number of hydrogen-bond acceptors (Lipinski definition) is 7. The second kappa shape index (κ2) is 8.90.